The van der Waals surface area contributed by atoms with Crippen LogP contribution in [0, 0.1) is 0 Å². The average molecular weight is 418 g/mol. The van der Waals surface area contributed by atoms with E-state index in [-0.39, 0.29) is 5.56 Å². The van der Waals surface area contributed by atoms with Crippen LogP contribution in [0.15, 0.2) is 110 Å². The summed E-state index contributed by atoms with van der Waals surface area (Å²) in [7, 11) is 0. The van der Waals surface area contributed by atoms with Crippen molar-refractivity contribution in [2.24, 2.45) is 0 Å². The van der Waals surface area contributed by atoms with Crippen LogP contribution in [0.4, 0.5) is 5.69 Å². The third kappa shape index (κ3) is 8.37. The number of ether oxygens (including phenoxy) is 1. The van der Waals surface area contributed by atoms with E-state index in [1.807, 2.05) is 0 Å². The molecule has 0 heterocycles. The lowest BCUT2D eigenvalue weighted by atomic mass is 10.1. The molecule has 160 valence electrons. The Morgan fingerprint density at radius 2 is 1.65 bits per heavy atom. The van der Waals surface area contributed by atoms with Crippen molar-refractivity contribution >= 4 is 24.0 Å². The van der Waals surface area contributed by atoms with Crippen molar-refractivity contribution < 1.29 is 19.1 Å². The Hall–Kier alpha value is -4.19. The number of hydrogen-bond acceptors (Lipinski definition) is 4. The van der Waals surface area contributed by atoms with Crippen molar-refractivity contribution in [2.45, 2.75) is 13.0 Å². The fraction of sp³-hybridized carbons (Fsp3) is 0.0800. The SMILES string of the molecule is C=C/C=C\C(=C/C=C)NC(=O)C(OC(=O)c1ccc(NC=O)cc1)C(/C=C\C=C)=C/C. The molecule has 2 amide bonds. The highest BCUT2D eigenvalue weighted by atomic mass is 16.5. The number of amides is 2. The molecule has 6 nitrogen and oxygen atoms in total. The molecule has 0 bridgehead atoms. The molecule has 0 saturated carbocycles. The van der Waals surface area contributed by atoms with Gasteiger partial charge in [-0.25, -0.2) is 4.79 Å². The van der Waals surface area contributed by atoms with Gasteiger partial charge in [0.2, 0.25) is 12.5 Å². The number of allylic oxidation sites excluding steroid dienone is 8. The molecule has 1 aromatic rings. The van der Waals surface area contributed by atoms with Crippen LogP contribution in [-0.4, -0.2) is 24.4 Å². The second-order valence-electron chi connectivity index (χ2n) is 5.95. The van der Waals surface area contributed by atoms with Gasteiger partial charge < -0.3 is 15.4 Å². The molecule has 0 aromatic heterocycles. The van der Waals surface area contributed by atoms with Gasteiger partial charge in [0.05, 0.1) is 5.56 Å². The van der Waals surface area contributed by atoms with Gasteiger partial charge in [-0.1, -0.05) is 62.3 Å². The largest absolute Gasteiger partial charge is 0.444 e. The van der Waals surface area contributed by atoms with E-state index >= 15 is 0 Å². The summed E-state index contributed by atoms with van der Waals surface area (Å²) >= 11 is 0. The number of benzene rings is 1. The Labute approximate surface area is 182 Å². The molecule has 0 spiro atoms. The average Bonchev–Trinajstić information content (AvgIpc) is 2.77. The standard InChI is InChI=1S/C25H26N2O4/c1-5-9-12-19(8-4)23(24(29)27-22(11-7-3)13-10-6-2)31-25(30)20-14-16-21(17-15-20)26-18-28/h5-18,23H,1-3H2,4H3,(H,26,28)(H,27,29)/b12-9-,13-10-,19-8+,22-11+. The van der Waals surface area contributed by atoms with Gasteiger partial charge in [0.1, 0.15) is 0 Å². The number of carbonyl (C=O) groups excluding carboxylic acids is 3. The van der Waals surface area contributed by atoms with Crippen molar-refractivity contribution in [3.8, 4) is 0 Å². The lowest BCUT2D eigenvalue weighted by Crippen LogP contribution is -2.38. The minimum atomic E-state index is -1.22. The Bertz CT molecular complexity index is 935. The second-order valence-corrected chi connectivity index (χ2v) is 5.95. The van der Waals surface area contributed by atoms with Crippen LogP contribution in [-0.2, 0) is 14.3 Å². The molecular weight excluding hydrogens is 392 g/mol. The van der Waals surface area contributed by atoms with Gasteiger partial charge in [0, 0.05) is 11.4 Å². The molecule has 0 aliphatic carbocycles. The number of nitrogens with one attached hydrogen (secondary N) is 2. The van der Waals surface area contributed by atoms with Gasteiger partial charge in [-0.3, -0.25) is 9.59 Å². The highest BCUT2D eigenvalue weighted by Crippen LogP contribution is 2.16. The van der Waals surface area contributed by atoms with Crippen LogP contribution >= 0.6 is 0 Å². The summed E-state index contributed by atoms with van der Waals surface area (Å²) in [6.45, 7) is 12.6. The summed E-state index contributed by atoms with van der Waals surface area (Å²) in [6.07, 6.45) is 13.8. The summed E-state index contributed by atoms with van der Waals surface area (Å²) in [6, 6.07) is 6.10. The maximum atomic E-state index is 13.0. The lowest BCUT2D eigenvalue weighted by Gasteiger charge is -2.19. The van der Waals surface area contributed by atoms with E-state index in [1.165, 1.54) is 18.2 Å². The van der Waals surface area contributed by atoms with Gasteiger partial charge in [-0.05, 0) is 48.9 Å². The Morgan fingerprint density at radius 3 is 2.19 bits per heavy atom. The van der Waals surface area contributed by atoms with Crippen molar-refractivity contribution in [1.82, 2.24) is 5.32 Å². The summed E-state index contributed by atoms with van der Waals surface area (Å²) < 4.78 is 5.54. The normalized spacial score (nSPS) is 12.8. The van der Waals surface area contributed by atoms with Crippen LogP contribution in [0.3, 0.4) is 0 Å². The first kappa shape index (κ1) is 24.8. The van der Waals surface area contributed by atoms with Crippen LogP contribution in [0.2, 0.25) is 0 Å². The molecule has 0 aliphatic rings. The maximum Gasteiger partial charge on any atom is 0.339 e. The first-order chi connectivity index (χ1) is 15.0. The van der Waals surface area contributed by atoms with Gasteiger partial charge in [-0.15, -0.1) is 0 Å². The highest BCUT2D eigenvalue weighted by Gasteiger charge is 2.26. The number of carbonyl (C=O) groups is 3. The van der Waals surface area contributed by atoms with Crippen molar-refractivity contribution in [3.05, 3.63) is 116 Å². The van der Waals surface area contributed by atoms with E-state index in [9.17, 15) is 14.4 Å². The number of hydrogen-bond donors (Lipinski definition) is 2. The topological polar surface area (TPSA) is 84.5 Å². The monoisotopic (exact) mass is 418 g/mol. The molecule has 0 fully saturated rings. The molecule has 2 N–H and O–H groups in total. The van der Waals surface area contributed by atoms with Gasteiger partial charge in [0.25, 0.3) is 5.91 Å². The van der Waals surface area contributed by atoms with Crippen LogP contribution in [0.1, 0.15) is 17.3 Å². The number of rotatable bonds is 12. The zero-order valence-corrected chi connectivity index (χ0v) is 17.4. The summed E-state index contributed by atoms with van der Waals surface area (Å²) in [5.74, 6) is -1.24. The molecule has 1 rings (SSSR count). The molecule has 31 heavy (non-hydrogen) atoms. The van der Waals surface area contributed by atoms with E-state index < -0.39 is 18.0 Å². The fourth-order valence-corrected chi connectivity index (χ4v) is 2.38. The van der Waals surface area contributed by atoms with Crippen molar-refractivity contribution in [1.29, 1.82) is 0 Å². The third-order valence-corrected chi connectivity index (χ3v) is 3.85. The van der Waals surface area contributed by atoms with Gasteiger partial charge in [0.15, 0.2) is 0 Å². The van der Waals surface area contributed by atoms with E-state index in [1.54, 1.807) is 67.7 Å². The van der Waals surface area contributed by atoms with E-state index in [4.69, 9.17) is 4.74 Å². The second kappa shape index (κ2) is 13.9. The van der Waals surface area contributed by atoms with Crippen LogP contribution < -0.4 is 10.6 Å². The zero-order valence-electron chi connectivity index (χ0n) is 17.4. The zero-order chi connectivity index (χ0) is 23.1. The molecule has 0 radical (unpaired) electrons. The number of esters is 1. The molecule has 0 saturated heterocycles. The predicted molar refractivity (Wildman–Crippen MR) is 124 cm³/mol. The van der Waals surface area contributed by atoms with Gasteiger partial charge >= 0.3 is 5.97 Å². The van der Waals surface area contributed by atoms with Crippen molar-refractivity contribution in [2.75, 3.05) is 5.32 Å². The van der Waals surface area contributed by atoms with E-state index in [0.717, 1.165) is 0 Å². The van der Waals surface area contributed by atoms with Crippen LogP contribution in [0.25, 0.3) is 0 Å². The third-order valence-electron chi connectivity index (χ3n) is 3.85. The first-order valence-corrected chi connectivity index (χ1v) is 9.39. The first-order valence-electron chi connectivity index (χ1n) is 9.39. The fourth-order valence-electron chi connectivity index (χ4n) is 2.38. The molecule has 1 aromatic carbocycles. The Morgan fingerprint density at radius 1 is 1.00 bits per heavy atom. The Kier molecular flexibility index (Phi) is 11.1. The highest BCUT2D eigenvalue weighted by molar-refractivity contribution is 5.94. The minimum Gasteiger partial charge on any atom is -0.444 e. The molecular formula is C25H26N2O4. The molecule has 0 aliphatic heterocycles. The Balaban J connectivity index is 3.19. The number of anilines is 1. The molecule has 1 unspecified atom stereocenters. The lowest BCUT2D eigenvalue weighted by molar-refractivity contribution is -0.127. The van der Waals surface area contributed by atoms with Crippen LogP contribution in [0.5, 0.6) is 0 Å². The van der Waals surface area contributed by atoms with Crippen molar-refractivity contribution in [3.63, 3.8) is 0 Å². The quantitative estimate of drug-likeness (QED) is 0.299. The molecule has 6 heteroatoms. The molecule has 1 atom stereocenters. The summed E-state index contributed by atoms with van der Waals surface area (Å²) in [5.41, 5.74) is 1.67. The van der Waals surface area contributed by atoms with E-state index in [0.29, 0.717) is 23.4 Å². The summed E-state index contributed by atoms with van der Waals surface area (Å²) in [5, 5.41) is 5.20. The maximum absolute atomic E-state index is 13.0. The summed E-state index contributed by atoms with van der Waals surface area (Å²) in [4.78, 5) is 36.2. The smallest absolute Gasteiger partial charge is 0.339 e. The predicted octanol–water partition coefficient (Wildman–Crippen LogP) is 4.40. The van der Waals surface area contributed by atoms with E-state index in [2.05, 4.69) is 30.4 Å². The minimum absolute atomic E-state index is 0.228. The van der Waals surface area contributed by atoms with Gasteiger partial charge in [-0.2, -0.15) is 0 Å².